The summed E-state index contributed by atoms with van der Waals surface area (Å²) in [5.74, 6) is -0.0550. The van der Waals surface area contributed by atoms with E-state index in [1.54, 1.807) is 13.2 Å². The van der Waals surface area contributed by atoms with Gasteiger partial charge in [-0.2, -0.15) is 4.98 Å². The average molecular weight is 444 g/mol. The highest BCUT2D eigenvalue weighted by Crippen LogP contribution is 2.33. The van der Waals surface area contributed by atoms with Crippen molar-refractivity contribution in [2.24, 2.45) is 5.92 Å². The highest BCUT2D eigenvalue weighted by atomic mass is 35.5. The van der Waals surface area contributed by atoms with Gasteiger partial charge in [0.05, 0.1) is 6.20 Å². The van der Waals surface area contributed by atoms with E-state index in [1.807, 2.05) is 18.2 Å². The molecule has 0 radical (unpaired) electrons. The maximum absolute atomic E-state index is 12.5. The zero-order chi connectivity index (χ0) is 22.1. The highest BCUT2D eigenvalue weighted by Gasteiger charge is 2.35. The molecule has 0 spiro atoms. The molecular weight excluding hydrogens is 418 g/mol. The van der Waals surface area contributed by atoms with Crippen molar-refractivity contribution >= 4 is 46.6 Å². The van der Waals surface area contributed by atoms with E-state index in [9.17, 15) is 9.59 Å². The van der Waals surface area contributed by atoms with Crippen LogP contribution in [0.1, 0.15) is 5.56 Å². The lowest BCUT2D eigenvalue weighted by molar-refractivity contribution is -0.133. The number of fused-ring (bicyclic) bond motifs is 1. The van der Waals surface area contributed by atoms with Crippen LogP contribution in [0.2, 0.25) is 5.02 Å². The number of likely N-dealkylation sites (N-methyl/N-ethyl adjacent to an activating group) is 1. The molecule has 2 N–H and O–H groups in total. The first kappa shape index (κ1) is 21.3. The molecule has 2 aromatic rings. The largest absolute Gasteiger partial charge is 0.358 e. The fourth-order valence-corrected chi connectivity index (χ4v) is 4.07. The number of hydrogen-bond donors (Lipinski definition) is 2. The Kier molecular flexibility index (Phi) is 5.97. The number of anilines is 4. The van der Waals surface area contributed by atoms with Gasteiger partial charge in [0.2, 0.25) is 17.8 Å². The lowest BCUT2D eigenvalue weighted by Gasteiger charge is -2.32. The quantitative estimate of drug-likeness (QED) is 0.691. The van der Waals surface area contributed by atoms with Crippen molar-refractivity contribution in [1.29, 1.82) is 0 Å². The van der Waals surface area contributed by atoms with Gasteiger partial charge in [0.25, 0.3) is 0 Å². The number of hydrogen-bond acceptors (Lipinski definition) is 7. The lowest BCUT2D eigenvalue weighted by atomic mass is 9.91. The molecule has 4 rings (SSSR count). The summed E-state index contributed by atoms with van der Waals surface area (Å²) in [6.07, 6.45) is 1.95. The summed E-state index contributed by atoms with van der Waals surface area (Å²) in [5, 5.41) is 6.27. The Labute approximate surface area is 186 Å². The SMILES string of the molecule is CNC(=O)C1Cc2cc(Nc3nc(N4CCN(C)CC4)ncc3Cl)ccc2N(C)C1=O. The molecule has 0 aliphatic carbocycles. The molecule has 0 bridgehead atoms. The van der Waals surface area contributed by atoms with Crippen molar-refractivity contribution in [2.45, 2.75) is 6.42 Å². The average Bonchev–Trinajstić information content (AvgIpc) is 2.77. The number of benzene rings is 1. The van der Waals surface area contributed by atoms with Gasteiger partial charge in [0.1, 0.15) is 10.9 Å². The monoisotopic (exact) mass is 443 g/mol. The van der Waals surface area contributed by atoms with Gasteiger partial charge in [-0.1, -0.05) is 11.6 Å². The first-order valence-corrected chi connectivity index (χ1v) is 10.6. The van der Waals surface area contributed by atoms with Crippen LogP contribution in [0.4, 0.5) is 23.1 Å². The molecule has 0 saturated carbocycles. The minimum atomic E-state index is -0.732. The van der Waals surface area contributed by atoms with Crippen molar-refractivity contribution in [1.82, 2.24) is 20.2 Å². The van der Waals surface area contributed by atoms with E-state index in [1.165, 1.54) is 11.9 Å². The second-order valence-corrected chi connectivity index (χ2v) is 8.30. The summed E-state index contributed by atoms with van der Waals surface area (Å²) in [6, 6.07) is 5.67. The molecule has 31 heavy (non-hydrogen) atoms. The smallest absolute Gasteiger partial charge is 0.239 e. The number of nitrogens with zero attached hydrogens (tertiary/aromatic N) is 5. The first-order chi connectivity index (χ1) is 14.9. The number of piperazine rings is 1. The Morgan fingerprint density at radius 2 is 1.94 bits per heavy atom. The normalized spacial score (nSPS) is 19.2. The highest BCUT2D eigenvalue weighted by molar-refractivity contribution is 6.32. The predicted molar refractivity (Wildman–Crippen MR) is 121 cm³/mol. The molecule has 3 heterocycles. The summed E-state index contributed by atoms with van der Waals surface area (Å²) >= 11 is 6.36. The third kappa shape index (κ3) is 4.28. The van der Waals surface area contributed by atoms with Crippen molar-refractivity contribution in [3.05, 3.63) is 35.0 Å². The van der Waals surface area contributed by atoms with E-state index < -0.39 is 5.92 Å². The zero-order valence-corrected chi connectivity index (χ0v) is 18.6. The molecule has 2 aliphatic rings. The molecule has 1 aromatic carbocycles. The van der Waals surface area contributed by atoms with Gasteiger partial charge in [-0.05, 0) is 37.2 Å². The van der Waals surface area contributed by atoms with Crippen molar-refractivity contribution < 1.29 is 9.59 Å². The van der Waals surface area contributed by atoms with Crippen LogP contribution in [-0.2, 0) is 16.0 Å². The van der Waals surface area contributed by atoms with Crippen molar-refractivity contribution in [3.8, 4) is 0 Å². The number of carbonyl (C=O) groups excluding carboxylic acids is 2. The van der Waals surface area contributed by atoms with Crippen LogP contribution in [0.3, 0.4) is 0 Å². The van der Waals surface area contributed by atoms with Crippen LogP contribution >= 0.6 is 11.6 Å². The maximum atomic E-state index is 12.5. The van der Waals surface area contributed by atoms with E-state index in [2.05, 4.69) is 37.4 Å². The van der Waals surface area contributed by atoms with Crippen LogP contribution in [-0.4, -0.2) is 74.0 Å². The second-order valence-electron chi connectivity index (χ2n) is 7.89. The van der Waals surface area contributed by atoms with Gasteiger partial charge < -0.3 is 25.3 Å². The van der Waals surface area contributed by atoms with Crippen molar-refractivity contribution in [3.63, 3.8) is 0 Å². The Morgan fingerprint density at radius 1 is 1.19 bits per heavy atom. The summed E-state index contributed by atoms with van der Waals surface area (Å²) in [4.78, 5) is 39.6. The Morgan fingerprint density at radius 3 is 2.65 bits per heavy atom. The Hall–Kier alpha value is -2.91. The topological polar surface area (TPSA) is 93.7 Å². The first-order valence-electron chi connectivity index (χ1n) is 10.2. The summed E-state index contributed by atoms with van der Waals surface area (Å²) in [5.41, 5.74) is 2.48. The number of nitrogens with one attached hydrogen (secondary N) is 2. The predicted octanol–water partition coefficient (Wildman–Crippen LogP) is 1.51. The fourth-order valence-electron chi connectivity index (χ4n) is 3.93. The zero-order valence-electron chi connectivity index (χ0n) is 17.9. The minimum absolute atomic E-state index is 0.205. The van der Waals surface area contributed by atoms with E-state index >= 15 is 0 Å². The molecule has 1 unspecified atom stereocenters. The van der Waals surface area contributed by atoms with Gasteiger partial charge in [-0.15, -0.1) is 0 Å². The molecule has 164 valence electrons. The third-order valence-electron chi connectivity index (χ3n) is 5.84. The van der Waals surface area contributed by atoms with Crippen LogP contribution in [0.25, 0.3) is 0 Å². The molecule has 1 fully saturated rings. The molecular formula is C21H26ClN7O2. The van der Waals surface area contributed by atoms with E-state index in [0.717, 1.165) is 43.1 Å². The van der Waals surface area contributed by atoms with Crippen LogP contribution in [0.15, 0.2) is 24.4 Å². The number of carbonyl (C=O) groups is 2. The van der Waals surface area contributed by atoms with Crippen molar-refractivity contribution in [2.75, 3.05) is 62.4 Å². The summed E-state index contributed by atoms with van der Waals surface area (Å²) in [7, 11) is 5.33. The third-order valence-corrected chi connectivity index (χ3v) is 6.11. The van der Waals surface area contributed by atoms with Crippen LogP contribution < -0.4 is 20.4 Å². The Bertz CT molecular complexity index is 1010. The minimum Gasteiger partial charge on any atom is -0.358 e. The molecule has 2 amide bonds. The fraction of sp³-hybridized carbons (Fsp3) is 0.429. The molecule has 10 heteroatoms. The van der Waals surface area contributed by atoms with Gasteiger partial charge in [-0.3, -0.25) is 9.59 Å². The second kappa shape index (κ2) is 8.68. The van der Waals surface area contributed by atoms with Gasteiger partial charge in [0.15, 0.2) is 5.82 Å². The van der Waals surface area contributed by atoms with E-state index in [0.29, 0.717) is 23.2 Å². The number of aromatic nitrogens is 2. The number of halogens is 1. The molecule has 9 nitrogen and oxygen atoms in total. The van der Waals surface area contributed by atoms with Crippen LogP contribution in [0, 0.1) is 5.92 Å². The van der Waals surface area contributed by atoms with E-state index in [-0.39, 0.29) is 11.8 Å². The summed E-state index contributed by atoms with van der Waals surface area (Å²) < 4.78 is 0. The van der Waals surface area contributed by atoms with Gasteiger partial charge in [-0.25, -0.2) is 4.98 Å². The molecule has 2 aliphatic heterocycles. The number of rotatable bonds is 4. The maximum Gasteiger partial charge on any atom is 0.239 e. The molecule has 1 atom stereocenters. The molecule has 1 aromatic heterocycles. The molecule has 1 saturated heterocycles. The standard InChI is InChI=1S/C21H26ClN7O2/c1-23-19(30)15-11-13-10-14(4-5-17(13)28(3)20(15)31)25-18-16(22)12-24-21(26-18)29-8-6-27(2)7-9-29/h4-5,10,12,15H,6-9,11H2,1-3H3,(H,23,30)(H,24,25,26). The Balaban J connectivity index is 1.57. The summed E-state index contributed by atoms with van der Waals surface area (Å²) in [6.45, 7) is 3.63. The van der Waals surface area contributed by atoms with Crippen LogP contribution in [0.5, 0.6) is 0 Å². The number of amides is 2. The lowest BCUT2D eigenvalue weighted by Crippen LogP contribution is -2.45. The van der Waals surface area contributed by atoms with Gasteiger partial charge in [0, 0.05) is 51.6 Å². The van der Waals surface area contributed by atoms with Gasteiger partial charge >= 0.3 is 0 Å². The van der Waals surface area contributed by atoms with E-state index in [4.69, 9.17) is 11.6 Å².